The van der Waals surface area contributed by atoms with E-state index in [1.807, 2.05) is 6.20 Å². The predicted octanol–water partition coefficient (Wildman–Crippen LogP) is 3.36. The summed E-state index contributed by atoms with van der Waals surface area (Å²) in [5.74, 6) is 0. The fraction of sp³-hybridized carbons (Fsp3) is 0.400. The molecule has 0 amide bonds. The molecule has 1 aromatic carbocycles. The maximum absolute atomic E-state index is 4.00. The van der Waals surface area contributed by atoms with Crippen molar-refractivity contribution in [2.45, 2.75) is 32.6 Å². The van der Waals surface area contributed by atoms with E-state index in [-0.39, 0.29) is 5.41 Å². The van der Waals surface area contributed by atoms with E-state index >= 15 is 0 Å². The lowest BCUT2D eigenvalue weighted by Gasteiger charge is -2.19. The maximum Gasteiger partial charge on any atom is 0.0921 e. The van der Waals surface area contributed by atoms with E-state index < -0.39 is 0 Å². The van der Waals surface area contributed by atoms with Gasteiger partial charge in [0.1, 0.15) is 0 Å². The summed E-state index contributed by atoms with van der Waals surface area (Å²) in [6, 6.07) is 8.68. The van der Waals surface area contributed by atoms with Crippen LogP contribution >= 0.6 is 0 Å². The van der Waals surface area contributed by atoms with Crippen molar-refractivity contribution in [1.82, 2.24) is 9.97 Å². The molecule has 0 bridgehead atoms. The second-order valence-corrected chi connectivity index (χ2v) is 5.58. The molecule has 2 N–H and O–H groups in total. The quantitative estimate of drug-likeness (QED) is 0.864. The van der Waals surface area contributed by atoms with Gasteiger partial charge in [0.05, 0.1) is 6.33 Å². The second-order valence-electron chi connectivity index (χ2n) is 5.58. The molecule has 0 aliphatic rings. The Morgan fingerprint density at radius 3 is 2.44 bits per heavy atom. The molecule has 0 unspecified atom stereocenters. The lowest BCUT2D eigenvalue weighted by molar-refractivity contribution is 0.590. The van der Waals surface area contributed by atoms with E-state index in [1.54, 1.807) is 6.33 Å². The molecular weight excluding hydrogens is 222 g/mol. The number of benzene rings is 1. The van der Waals surface area contributed by atoms with Crippen LogP contribution in [-0.2, 0) is 11.8 Å². The Morgan fingerprint density at radius 2 is 1.89 bits per heavy atom. The molecule has 18 heavy (non-hydrogen) atoms. The lowest BCUT2D eigenvalue weighted by atomic mass is 9.87. The monoisotopic (exact) mass is 243 g/mol. The van der Waals surface area contributed by atoms with Gasteiger partial charge in [0.2, 0.25) is 0 Å². The van der Waals surface area contributed by atoms with Gasteiger partial charge in [-0.3, -0.25) is 0 Å². The second kappa shape index (κ2) is 5.25. The number of hydrogen-bond donors (Lipinski definition) is 2. The molecule has 0 saturated carbocycles. The van der Waals surface area contributed by atoms with Gasteiger partial charge in [-0.1, -0.05) is 32.9 Å². The average Bonchev–Trinajstić information content (AvgIpc) is 2.82. The number of imidazole rings is 1. The van der Waals surface area contributed by atoms with Crippen LogP contribution in [0.3, 0.4) is 0 Å². The highest BCUT2D eigenvalue weighted by atomic mass is 14.9. The van der Waals surface area contributed by atoms with Gasteiger partial charge >= 0.3 is 0 Å². The van der Waals surface area contributed by atoms with Crippen LogP contribution in [-0.4, -0.2) is 16.5 Å². The van der Waals surface area contributed by atoms with Crippen molar-refractivity contribution in [3.63, 3.8) is 0 Å². The Hall–Kier alpha value is -1.77. The highest BCUT2D eigenvalue weighted by Gasteiger charge is 2.12. The summed E-state index contributed by atoms with van der Waals surface area (Å²) in [6.07, 6.45) is 4.54. The number of anilines is 1. The zero-order valence-electron chi connectivity index (χ0n) is 11.3. The highest BCUT2D eigenvalue weighted by molar-refractivity contribution is 5.45. The summed E-state index contributed by atoms with van der Waals surface area (Å²) < 4.78 is 0. The van der Waals surface area contributed by atoms with Crippen LogP contribution in [0.15, 0.2) is 36.8 Å². The Labute approximate surface area is 109 Å². The molecule has 0 aliphatic heterocycles. The Balaban J connectivity index is 1.87. The first kappa shape index (κ1) is 12.7. The number of rotatable bonds is 4. The zero-order chi connectivity index (χ0) is 13.0. The molecule has 0 aliphatic carbocycles. The van der Waals surface area contributed by atoms with E-state index in [2.05, 4.69) is 60.3 Å². The minimum atomic E-state index is 0.217. The number of nitrogens with one attached hydrogen (secondary N) is 2. The molecule has 1 aromatic heterocycles. The van der Waals surface area contributed by atoms with Crippen LogP contribution in [0.4, 0.5) is 5.69 Å². The van der Waals surface area contributed by atoms with Gasteiger partial charge in [0.15, 0.2) is 0 Å². The first-order valence-electron chi connectivity index (χ1n) is 6.37. The van der Waals surface area contributed by atoms with Crippen molar-refractivity contribution in [1.29, 1.82) is 0 Å². The third-order valence-electron chi connectivity index (χ3n) is 3.03. The van der Waals surface area contributed by atoms with Gasteiger partial charge in [0.25, 0.3) is 0 Å². The predicted molar refractivity (Wildman–Crippen MR) is 75.9 cm³/mol. The van der Waals surface area contributed by atoms with E-state index in [1.165, 1.54) is 11.3 Å². The molecule has 0 fully saturated rings. The summed E-state index contributed by atoms with van der Waals surface area (Å²) >= 11 is 0. The summed E-state index contributed by atoms with van der Waals surface area (Å²) in [5.41, 5.74) is 3.91. The first-order chi connectivity index (χ1) is 8.55. The smallest absolute Gasteiger partial charge is 0.0921 e. The molecule has 2 aromatic rings. The number of hydrogen-bond acceptors (Lipinski definition) is 2. The van der Waals surface area contributed by atoms with Gasteiger partial charge in [-0.25, -0.2) is 4.98 Å². The highest BCUT2D eigenvalue weighted by Crippen LogP contribution is 2.23. The molecule has 2 rings (SSSR count). The number of aromatic nitrogens is 2. The molecule has 0 atom stereocenters. The first-order valence-corrected chi connectivity index (χ1v) is 6.37. The van der Waals surface area contributed by atoms with Crippen LogP contribution in [0.25, 0.3) is 0 Å². The van der Waals surface area contributed by atoms with Crippen LogP contribution in [0.5, 0.6) is 0 Å². The summed E-state index contributed by atoms with van der Waals surface area (Å²) in [4.78, 5) is 7.10. The summed E-state index contributed by atoms with van der Waals surface area (Å²) in [7, 11) is 0. The van der Waals surface area contributed by atoms with Crippen LogP contribution in [0, 0.1) is 0 Å². The van der Waals surface area contributed by atoms with Crippen molar-refractivity contribution in [2.75, 3.05) is 11.9 Å². The average molecular weight is 243 g/mol. The van der Waals surface area contributed by atoms with Gasteiger partial charge in [-0.05, 0) is 23.1 Å². The molecule has 1 heterocycles. The number of H-pyrrole nitrogens is 1. The molecule has 0 radical (unpaired) electrons. The molecule has 0 saturated heterocycles. The largest absolute Gasteiger partial charge is 0.385 e. The van der Waals surface area contributed by atoms with Crippen LogP contribution < -0.4 is 5.32 Å². The van der Waals surface area contributed by atoms with Gasteiger partial charge < -0.3 is 10.3 Å². The van der Waals surface area contributed by atoms with E-state index in [0.29, 0.717) is 0 Å². The van der Waals surface area contributed by atoms with Gasteiger partial charge in [-0.15, -0.1) is 0 Å². The van der Waals surface area contributed by atoms with E-state index in [4.69, 9.17) is 0 Å². The molecule has 96 valence electrons. The minimum Gasteiger partial charge on any atom is -0.385 e. The molecule has 0 spiro atoms. The molecule has 3 heteroatoms. The topological polar surface area (TPSA) is 40.7 Å². The standard InChI is InChI=1S/C15H21N3/c1-15(2,3)12-4-6-13(7-5-12)17-9-8-14-10-16-11-18-14/h4-7,10-11,17H,8-9H2,1-3H3,(H,16,18). The number of nitrogens with zero attached hydrogens (tertiary/aromatic N) is 1. The SMILES string of the molecule is CC(C)(C)c1ccc(NCCc2cnc[nH]2)cc1. The Morgan fingerprint density at radius 1 is 1.17 bits per heavy atom. The Bertz CT molecular complexity index is 463. The van der Waals surface area contributed by atoms with E-state index in [9.17, 15) is 0 Å². The zero-order valence-corrected chi connectivity index (χ0v) is 11.3. The lowest BCUT2D eigenvalue weighted by Crippen LogP contribution is -2.11. The van der Waals surface area contributed by atoms with Crippen molar-refractivity contribution < 1.29 is 0 Å². The van der Waals surface area contributed by atoms with Crippen LogP contribution in [0.1, 0.15) is 32.0 Å². The summed E-state index contributed by atoms with van der Waals surface area (Å²) in [6.45, 7) is 7.60. The molecule has 3 nitrogen and oxygen atoms in total. The summed E-state index contributed by atoms with van der Waals surface area (Å²) in [5, 5.41) is 3.41. The fourth-order valence-electron chi connectivity index (χ4n) is 1.85. The maximum atomic E-state index is 4.00. The Kier molecular flexibility index (Phi) is 3.70. The minimum absolute atomic E-state index is 0.217. The van der Waals surface area contributed by atoms with Crippen LogP contribution in [0.2, 0.25) is 0 Å². The van der Waals surface area contributed by atoms with Gasteiger partial charge in [-0.2, -0.15) is 0 Å². The van der Waals surface area contributed by atoms with Crippen molar-refractivity contribution in [2.24, 2.45) is 0 Å². The van der Waals surface area contributed by atoms with E-state index in [0.717, 1.165) is 18.7 Å². The third-order valence-corrected chi connectivity index (χ3v) is 3.03. The third kappa shape index (κ3) is 3.36. The molecular formula is C15H21N3. The fourth-order valence-corrected chi connectivity index (χ4v) is 1.85. The van der Waals surface area contributed by atoms with Gasteiger partial charge in [0, 0.05) is 30.5 Å². The van der Waals surface area contributed by atoms with Crippen molar-refractivity contribution >= 4 is 5.69 Å². The van der Waals surface area contributed by atoms with Crippen molar-refractivity contribution in [3.05, 3.63) is 48.0 Å². The normalized spacial score (nSPS) is 11.5. The number of aromatic amines is 1. The van der Waals surface area contributed by atoms with Crippen molar-refractivity contribution in [3.8, 4) is 0 Å².